The number of rotatable bonds is 4. The molecule has 2 heterocycles. The first-order chi connectivity index (χ1) is 14.1. The number of nitrogens with zero attached hydrogens (tertiary/aromatic N) is 2. The van der Waals surface area contributed by atoms with Gasteiger partial charge in [-0.25, -0.2) is 0 Å². The minimum Gasteiger partial charge on any atom is -0.301 e. The Bertz CT molecular complexity index is 995. The van der Waals surface area contributed by atoms with Gasteiger partial charge in [-0.15, -0.1) is 0 Å². The highest BCUT2D eigenvalue weighted by atomic mass is 15.4. The summed E-state index contributed by atoms with van der Waals surface area (Å²) in [6.07, 6.45) is 6.97. The summed E-state index contributed by atoms with van der Waals surface area (Å²) >= 11 is 0. The van der Waals surface area contributed by atoms with E-state index in [9.17, 15) is 0 Å². The summed E-state index contributed by atoms with van der Waals surface area (Å²) in [4.78, 5) is 4.85. The number of hydrogen-bond acceptors (Lipinski definition) is 2. The van der Waals surface area contributed by atoms with Gasteiger partial charge in [0.15, 0.2) is 0 Å². The lowest BCUT2D eigenvalue weighted by Crippen LogP contribution is -2.34. The fourth-order valence-electron chi connectivity index (χ4n) is 4.93. The van der Waals surface area contributed by atoms with Crippen LogP contribution < -0.4 is 9.80 Å². The second-order valence-electron chi connectivity index (χ2n) is 10.3. The molecule has 0 bridgehead atoms. The number of fused-ring (bicyclic) bond motifs is 3. The summed E-state index contributed by atoms with van der Waals surface area (Å²) in [5.41, 5.74) is 8.34. The Morgan fingerprint density at radius 1 is 0.633 bits per heavy atom. The molecule has 0 saturated carbocycles. The van der Waals surface area contributed by atoms with Crippen LogP contribution in [0.1, 0.15) is 95.4 Å². The number of hydrogen-bond donors (Lipinski definition) is 0. The molecule has 4 rings (SSSR count). The summed E-state index contributed by atoms with van der Waals surface area (Å²) in [5.74, 6) is 2.68. The van der Waals surface area contributed by atoms with Crippen molar-refractivity contribution in [1.29, 1.82) is 0 Å². The van der Waals surface area contributed by atoms with Crippen molar-refractivity contribution in [1.82, 2.24) is 0 Å². The molecule has 0 aromatic heterocycles. The Hall–Kier alpha value is -2.48. The van der Waals surface area contributed by atoms with Crippen LogP contribution >= 0.6 is 0 Å². The van der Waals surface area contributed by atoms with E-state index in [-0.39, 0.29) is 5.41 Å². The molecule has 2 aliphatic heterocycles. The number of anilines is 2. The van der Waals surface area contributed by atoms with E-state index < -0.39 is 0 Å². The van der Waals surface area contributed by atoms with Crippen molar-refractivity contribution in [3.8, 4) is 0 Å². The highest BCUT2D eigenvalue weighted by Crippen LogP contribution is 2.49. The Labute approximate surface area is 182 Å². The molecule has 0 fully saturated rings. The monoisotopic (exact) mass is 400 g/mol. The molecule has 0 spiro atoms. The number of allylic oxidation sites excluding steroid dienone is 1. The lowest BCUT2D eigenvalue weighted by molar-refractivity contribution is 0.644. The van der Waals surface area contributed by atoms with Gasteiger partial charge in [-0.2, -0.15) is 0 Å². The molecule has 0 saturated heterocycles. The van der Waals surface area contributed by atoms with E-state index in [2.05, 4.69) is 120 Å². The van der Waals surface area contributed by atoms with E-state index >= 15 is 0 Å². The molecule has 2 aromatic rings. The molecule has 158 valence electrons. The molecule has 2 nitrogen and oxygen atoms in total. The second-order valence-corrected chi connectivity index (χ2v) is 10.3. The summed E-state index contributed by atoms with van der Waals surface area (Å²) in [5, 5.41) is 0. The second kappa shape index (κ2) is 7.34. The topological polar surface area (TPSA) is 6.48 Å². The summed E-state index contributed by atoms with van der Waals surface area (Å²) in [6.45, 7) is 18.5. The van der Waals surface area contributed by atoms with Crippen LogP contribution in [0.2, 0.25) is 0 Å². The number of benzene rings is 2. The predicted molar refractivity (Wildman–Crippen MR) is 130 cm³/mol. The normalized spacial score (nSPS) is 17.1. The van der Waals surface area contributed by atoms with Gasteiger partial charge in [0.25, 0.3) is 0 Å². The highest BCUT2D eigenvalue weighted by Gasteiger charge is 2.38. The highest BCUT2D eigenvalue weighted by molar-refractivity contribution is 5.80. The number of para-hydroxylation sites is 2. The Balaban J connectivity index is 1.93. The standard InChI is InChI=1S/C28H36N2/c1-18(2)21-11-9-12-22(19(3)4)26(21)29-15-16-30-25(29)17-28(7,8)24-14-10-13-23(20(5)6)27(24)30/h9-20H,1-8H3. The fraction of sp³-hybridized carbons (Fsp3) is 0.429. The zero-order valence-corrected chi connectivity index (χ0v) is 19.8. The first-order valence-corrected chi connectivity index (χ1v) is 11.4. The maximum atomic E-state index is 2.45. The molecule has 0 N–H and O–H groups in total. The molecular formula is C28H36N2. The van der Waals surface area contributed by atoms with E-state index in [0.717, 1.165) is 0 Å². The van der Waals surface area contributed by atoms with Gasteiger partial charge in [0.05, 0.1) is 11.4 Å². The molecule has 0 amide bonds. The minimum atomic E-state index is -0.0267. The van der Waals surface area contributed by atoms with Crippen molar-refractivity contribution in [2.75, 3.05) is 9.80 Å². The van der Waals surface area contributed by atoms with E-state index in [4.69, 9.17) is 0 Å². The van der Waals surface area contributed by atoms with Crippen molar-refractivity contribution in [2.45, 2.75) is 78.6 Å². The van der Waals surface area contributed by atoms with Crippen LogP contribution in [-0.2, 0) is 5.41 Å². The van der Waals surface area contributed by atoms with E-state index in [1.807, 2.05) is 0 Å². The largest absolute Gasteiger partial charge is 0.301 e. The van der Waals surface area contributed by atoms with Crippen LogP contribution in [0.5, 0.6) is 0 Å². The molecule has 30 heavy (non-hydrogen) atoms. The Morgan fingerprint density at radius 2 is 1.07 bits per heavy atom. The van der Waals surface area contributed by atoms with Crippen LogP contribution in [0.3, 0.4) is 0 Å². The quantitative estimate of drug-likeness (QED) is 0.513. The lowest BCUT2D eigenvalue weighted by atomic mass is 9.78. The van der Waals surface area contributed by atoms with E-state index in [0.29, 0.717) is 17.8 Å². The van der Waals surface area contributed by atoms with Crippen LogP contribution in [0.4, 0.5) is 11.4 Å². The minimum absolute atomic E-state index is 0.0267. The van der Waals surface area contributed by atoms with Crippen molar-refractivity contribution < 1.29 is 0 Å². The third-order valence-corrected chi connectivity index (χ3v) is 6.56. The average Bonchev–Trinajstić information content (AvgIpc) is 3.09. The van der Waals surface area contributed by atoms with Gasteiger partial charge in [-0.3, -0.25) is 0 Å². The zero-order valence-electron chi connectivity index (χ0n) is 19.8. The summed E-state index contributed by atoms with van der Waals surface area (Å²) < 4.78 is 0. The van der Waals surface area contributed by atoms with Crippen LogP contribution in [0, 0.1) is 0 Å². The van der Waals surface area contributed by atoms with Gasteiger partial charge in [-0.05, 0) is 46.1 Å². The van der Waals surface area contributed by atoms with Crippen molar-refractivity contribution in [2.24, 2.45) is 0 Å². The third-order valence-electron chi connectivity index (χ3n) is 6.56. The predicted octanol–water partition coefficient (Wildman–Crippen LogP) is 7.99. The molecule has 2 heteroatoms. The average molecular weight is 401 g/mol. The zero-order chi connectivity index (χ0) is 21.8. The maximum Gasteiger partial charge on any atom is 0.118 e. The van der Waals surface area contributed by atoms with Gasteiger partial charge >= 0.3 is 0 Å². The smallest absolute Gasteiger partial charge is 0.118 e. The van der Waals surface area contributed by atoms with Gasteiger partial charge in [0.2, 0.25) is 0 Å². The van der Waals surface area contributed by atoms with E-state index in [1.165, 1.54) is 39.4 Å². The van der Waals surface area contributed by atoms with E-state index in [1.54, 1.807) is 0 Å². The van der Waals surface area contributed by atoms with Crippen molar-refractivity contribution in [3.63, 3.8) is 0 Å². The first kappa shape index (κ1) is 20.8. The van der Waals surface area contributed by atoms with Crippen LogP contribution in [-0.4, -0.2) is 0 Å². The van der Waals surface area contributed by atoms with Gasteiger partial charge < -0.3 is 9.80 Å². The third kappa shape index (κ3) is 3.17. The Morgan fingerprint density at radius 3 is 1.57 bits per heavy atom. The molecule has 0 aliphatic carbocycles. The summed E-state index contributed by atoms with van der Waals surface area (Å²) in [7, 11) is 0. The summed E-state index contributed by atoms with van der Waals surface area (Å²) in [6, 6.07) is 13.6. The SMILES string of the molecule is CC(C)c1cccc(C(C)C)c1N1C=CN2C1=CC(C)(C)c1cccc(C(C)C)c12. The van der Waals surface area contributed by atoms with Crippen LogP contribution in [0.15, 0.2) is 60.7 Å². The van der Waals surface area contributed by atoms with Gasteiger partial charge in [0, 0.05) is 17.8 Å². The first-order valence-electron chi connectivity index (χ1n) is 11.4. The van der Waals surface area contributed by atoms with Crippen molar-refractivity contribution >= 4 is 11.4 Å². The molecule has 0 radical (unpaired) electrons. The lowest BCUT2D eigenvalue weighted by Gasteiger charge is -2.40. The Kier molecular flexibility index (Phi) is 5.08. The van der Waals surface area contributed by atoms with Gasteiger partial charge in [0.1, 0.15) is 5.82 Å². The molecule has 0 atom stereocenters. The van der Waals surface area contributed by atoms with Crippen molar-refractivity contribution in [3.05, 3.63) is 82.9 Å². The van der Waals surface area contributed by atoms with Crippen LogP contribution in [0.25, 0.3) is 0 Å². The van der Waals surface area contributed by atoms with Gasteiger partial charge in [-0.1, -0.05) is 91.8 Å². The molecule has 0 unspecified atom stereocenters. The molecule has 2 aliphatic rings. The molecule has 2 aromatic carbocycles. The molecular weight excluding hydrogens is 364 g/mol. The fourth-order valence-corrected chi connectivity index (χ4v) is 4.93. The maximum absolute atomic E-state index is 2.45.